The molecule has 1 aromatic heterocycles. The van der Waals surface area contributed by atoms with Crippen LogP contribution in [0.4, 0.5) is 10.1 Å². The van der Waals surface area contributed by atoms with Crippen molar-refractivity contribution in [2.24, 2.45) is 0 Å². The van der Waals surface area contributed by atoms with Gasteiger partial charge in [-0.15, -0.1) is 23.1 Å². The first-order chi connectivity index (χ1) is 17.4. The Morgan fingerprint density at radius 2 is 1.86 bits per heavy atom. The lowest BCUT2D eigenvalue weighted by molar-refractivity contribution is -0.116. The van der Waals surface area contributed by atoms with Gasteiger partial charge in [0.25, 0.3) is 5.91 Å². The molecule has 3 aromatic rings. The lowest BCUT2D eigenvalue weighted by Gasteiger charge is -2.37. The van der Waals surface area contributed by atoms with Crippen molar-refractivity contribution in [3.05, 3.63) is 105 Å². The Labute approximate surface area is 218 Å². The van der Waals surface area contributed by atoms with Gasteiger partial charge in [0.15, 0.2) is 5.78 Å². The van der Waals surface area contributed by atoms with E-state index in [1.807, 2.05) is 38.3 Å². The number of carbonyl (C=O) groups excluding carboxylic acids is 2. The highest BCUT2D eigenvalue weighted by Crippen LogP contribution is 2.49. The SMILES string of the molecule is CSc1sc(C)cc1[C@@H]1C(C(=O)Nc2cccc(F)c2)=C(C)NC2=C1C(=O)C[C@H](c1ccccc1)C2. The fourth-order valence-electron chi connectivity index (χ4n) is 5.25. The molecule has 184 valence electrons. The van der Waals surface area contributed by atoms with Crippen molar-refractivity contribution >= 4 is 40.5 Å². The number of anilines is 1. The zero-order valence-electron chi connectivity index (χ0n) is 20.4. The average molecular weight is 519 g/mol. The number of carbonyl (C=O) groups is 2. The summed E-state index contributed by atoms with van der Waals surface area (Å²) in [5.74, 6) is -1.09. The van der Waals surface area contributed by atoms with E-state index in [-0.39, 0.29) is 17.6 Å². The minimum atomic E-state index is -0.480. The van der Waals surface area contributed by atoms with E-state index in [0.29, 0.717) is 35.4 Å². The number of hydrogen-bond donors (Lipinski definition) is 2. The molecule has 2 heterocycles. The van der Waals surface area contributed by atoms with Crippen LogP contribution in [0.1, 0.15) is 47.6 Å². The van der Waals surface area contributed by atoms with E-state index in [1.54, 1.807) is 35.2 Å². The molecule has 2 aliphatic rings. The van der Waals surface area contributed by atoms with E-state index in [2.05, 4.69) is 28.8 Å². The fourth-order valence-corrected chi connectivity index (χ4v) is 7.16. The molecule has 0 spiro atoms. The summed E-state index contributed by atoms with van der Waals surface area (Å²) in [5, 5.41) is 6.28. The van der Waals surface area contributed by atoms with Gasteiger partial charge in [-0.1, -0.05) is 36.4 Å². The predicted octanol–water partition coefficient (Wildman–Crippen LogP) is 6.92. The Balaban J connectivity index is 1.59. The Kier molecular flexibility index (Phi) is 6.86. The van der Waals surface area contributed by atoms with Crippen LogP contribution in [-0.2, 0) is 9.59 Å². The number of ketones is 1. The van der Waals surface area contributed by atoms with Crippen molar-refractivity contribution in [1.82, 2.24) is 5.32 Å². The highest BCUT2D eigenvalue weighted by molar-refractivity contribution is 8.00. The number of dihydropyridines is 1. The molecule has 36 heavy (non-hydrogen) atoms. The summed E-state index contributed by atoms with van der Waals surface area (Å²) < 4.78 is 14.9. The van der Waals surface area contributed by atoms with Crippen LogP contribution in [0.3, 0.4) is 0 Å². The smallest absolute Gasteiger partial charge is 0.254 e. The van der Waals surface area contributed by atoms with Crippen LogP contribution in [0, 0.1) is 12.7 Å². The first kappa shape index (κ1) is 24.5. The average Bonchev–Trinajstić information content (AvgIpc) is 3.23. The van der Waals surface area contributed by atoms with Crippen molar-refractivity contribution in [3.8, 4) is 0 Å². The second kappa shape index (κ2) is 10.1. The first-order valence-corrected chi connectivity index (χ1v) is 13.9. The molecule has 0 saturated heterocycles. The summed E-state index contributed by atoms with van der Waals surface area (Å²) in [4.78, 5) is 28.6. The van der Waals surface area contributed by atoms with Crippen molar-refractivity contribution in [2.45, 2.75) is 42.7 Å². The van der Waals surface area contributed by atoms with Crippen molar-refractivity contribution in [2.75, 3.05) is 11.6 Å². The molecule has 1 aliphatic heterocycles. The maximum atomic E-state index is 13.8. The van der Waals surface area contributed by atoms with Gasteiger partial charge < -0.3 is 10.6 Å². The molecular formula is C29H27FN2O2S2. The number of amides is 1. The molecule has 5 rings (SSSR count). The minimum absolute atomic E-state index is 0.0575. The number of halogens is 1. The van der Waals surface area contributed by atoms with Crippen LogP contribution in [0.5, 0.6) is 0 Å². The normalized spacial score (nSPS) is 19.7. The van der Waals surface area contributed by atoms with Crippen LogP contribution >= 0.6 is 23.1 Å². The highest BCUT2D eigenvalue weighted by atomic mass is 32.2. The predicted molar refractivity (Wildman–Crippen MR) is 145 cm³/mol. The molecule has 0 unspecified atom stereocenters. The van der Waals surface area contributed by atoms with E-state index < -0.39 is 11.7 Å². The van der Waals surface area contributed by atoms with Gasteiger partial charge in [-0.3, -0.25) is 9.59 Å². The summed E-state index contributed by atoms with van der Waals surface area (Å²) in [6.45, 7) is 3.92. The molecular weight excluding hydrogens is 491 g/mol. The number of rotatable bonds is 5. The van der Waals surface area contributed by atoms with Gasteiger partial charge in [-0.2, -0.15) is 0 Å². The van der Waals surface area contributed by atoms with E-state index in [4.69, 9.17) is 0 Å². The van der Waals surface area contributed by atoms with Gasteiger partial charge in [0.05, 0.1) is 4.21 Å². The topological polar surface area (TPSA) is 58.2 Å². The molecule has 2 atom stereocenters. The number of hydrogen-bond acceptors (Lipinski definition) is 5. The number of thioether (sulfide) groups is 1. The number of benzene rings is 2. The van der Waals surface area contributed by atoms with Crippen molar-refractivity contribution in [3.63, 3.8) is 0 Å². The zero-order valence-corrected chi connectivity index (χ0v) is 22.0. The lowest BCUT2D eigenvalue weighted by Crippen LogP contribution is -2.37. The van der Waals surface area contributed by atoms with E-state index in [9.17, 15) is 14.0 Å². The van der Waals surface area contributed by atoms with Crippen molar-refractivity contribution in [1.29, 1.82) is 0 Å². The Morgan fingerprint density at radius 3 is 2.58 bits per heavy atom. The maximum absolute atomic E-state index is 13.8. The molecule has 0 bridgehead atoms. The molecule has 0 saturated carbocycles. The Bertz CT molecular complexity index is 1410. The van der Waals surface area contributed by atoms with Crippen LogP contribution in [0.25, 0.3) is 0 Å². The molecule has 7 heteroatoms. The number of nitrogens with one attached hydrogen (secondary N) is 2. The third kappa shape index (κ3) is 4.65. The molecule has 1 aliphatic carbocycles. The second-order valence-electron chi connectivity index (χ2n) is 9.20. The quantitative estimate of drug-likeness (QED) is 0.360. The molecule has 4 nitrogen and oxygen atoms in total. The zero-order chi connectivity index (χ0) is 25.4. The highest BCUT2D eigenvalue weighted by Gasteiger charge is 2.42. The summed E-state index contributed by atoms with van der Waals surface area (Å²) in [6, 6.07) is 18.1. The second-order valence-corrected chi connectivity index (χ2v) is 11.5. The summed E-state index contributed by atoms with van der Waals surface area (Å²) >= 11 is 3.30. The fraction of sp³-hybridized carbons (Fsp3) is 0.241. The van der Waals surface area contributed by atoms with Gasteiger partial charge in [0.2, 0.25) is 0 Å². The number of Topliss-reactive ketones (excluding diaryl/α,β-unsaturated/α-hetero) is 1. The van der Waals surface area contributed by atoms with Gasteiger partial charge in [-0.25, -0.2) is 4.39 Å². The molecule has 0 fully saturated rings. The number of aryl methyl sites for hydroxylation is 1. The minimum Gasteiger partial charge on any atom is -0.362 e. The summed E-state index contributed by atoms with van der Waals surface area (Å²) in [5.41, 5.74) is 5.27. The van der Waals surface area contributed by atoms with Crippen LogP contribution in [-0.4, -0.2) is 17.9 Å². The monoisotopic (exact) mass is 518 g/mol. The third-order valence-corrected chi connectivity index (χ3v) is 8.99. The van der Waals surface area contributed by atoms with Gasteiger partial charge in [0, 0.05) is 45.4 Å². The Hall–Kier alpha value is -3.16. The molecule has 2 aromatic carbocycles. The van der Waals surface area contributed by atoms with Gasteiger partial charge in [0.1, 0.15) is 5.82 Å². The van der Waals surface area contributed by atoms with E-state index >= 15 is 0 Å². The van der Waals surface area contributed by atoms with Crippen LogP contribution < -0.4 is 10.6 Å². The van der Waals surface area contributed by atoms with E-state index in [0.717, 1.165) is 25.9 Å². The number of thiophene rings is 1. The Morgan fingerprint density at radius 1 is 1.08 bits per heavy atom. The third-order valence-electron chi connectivity index (χ3n) is 6.77. The van der Waals surface area contributed by atoms with Gasteiger partial charge >= 0.3 is 0 Å². The summed E-state index contributed by atoms with van der Waals surface area (Å²) in [7, 11) is 0. The molecule has 1 amide bonds. The molecule has 2 N–H and O–H groups in total. The largest absolute Gasteiger partial charge is 0.362 e. The maximum Gasteiger partial charge on any atom is 0.254 e. The standard InChI is InChI=1S/C29H27FN2O2S2/c1-16-12-22(29(35-3)36-16)26-25(28(34)32-21-11-7-10-20(30)15-21)17(2)31-23-13-19(14-24(33)27(23)26)18-8-5-4-6-9-18/h4-12,15,19,26,31H,13-14H2,1-3H3,(H,32,34)/t19-,26-/m1/s1. The number of allylic oxidation sites excluding steroid dienone is 3. The first-order valence-electron chi connectivity index (χ1n) is 11.9. The van der Waals surface area contributed by atoms with Crippen LogP contribution in [0.15, 0.2) is 87.4 Å². The molecule has 0 radical (unpaired) electrons. The van der Waals surface area contributed by atoms with Crippen molar-refractivity contribution < 1.29 is 14.0 Å². The van der Waals surface area contributed by atoms with Gasteiger partial charge in [-0.05, 0) is 67.8 Å². The summed E-state index contributed by atoms with van der Waals surface area (Å²) in [6.07, 6.45) is 3.12. The van der Waals surface area contributed by atoms with Crippen LogP contribution in [0.2, 0.25) is 0 Å². The lowest BCUT2D eigenvalue weighted by atomic mass is 9.72. The van der Waals surface area contributed by atoms with E-state index in [1.165, 1.54) is 12.1 Å².